The number of unbranched alkanes of at least 4 members (excludes halogenated alkanes) is 1. The number of allylic oxidation sites excluding steroid dienone is 4. The monoisotopic (exact) mass is 663 g/mol. The third kappa shape index (κ3) is 16.4. The number of carbonyl (C=O) groups excluding carboxylic acids is 5. The molecular formula is C36H41NO11. The van der Waals surface area contributed by atoms with Crippen molar-refractivity contribution in [2.24, 2.45) is 0 Å². The van der Waals surface area contributed by atoms with E-state index in [2.05, 4.69) is 25.1 Å². The molecule has 256 valence electrons. The Balaban J connectivity index is 0.00000565. The summed E-state index contributed by atoms with van der Waals surface area (Å²) < 4.78 is 31.0. The van der Waals surface area contributed by atoms with Crippen LogP contribution < -0.4 is 14.8 Å². The Labute approximate surface area is 280 Å². The zero-order valence-corrected chi connectivity index (χ0v) is 27.4. The van der Waals surface area contributed by atoms with E-state index in [-0.39, 0.29) is 48.2 Å². The van der Waals surface area contributed by atoms with Gasteiger partial charge in [-0.1, -0.05) is 33.6 Å². The SMILES string of the molecule is C=CC(=O)OCCCCOc1ccc(C(=O)O/C(C=C)=C/C=C(\C)OC(=O)c2ccc(OC(=O)NCCOC(=O)C=C)cc2)cc1.CC. The van der Waals surface area contributed by atoms with Crippen molar-refractivity contribution >= 4 is 30.0 Å². The van der Waals surface area contributed by atoms with Gasteiger partial charge in [-0.15, -0.1) is 0 Å². The van der Waals surface area contributed by atoms with E-state index in [9.17, 15) is 24.0 Å². The lowest BCUT2D eigenvalue weighted by atomic mass is 10.2. The van der Waals surface area contributed by atoms with Gasteiger partial charge in [0.1, 0.15) is 29.6 Å². The van der Waals surface area contributed by atoms with Crippen molar-refractivity contribution < 1.29 is 52.4 Å². The summed E-state index contributed by atoms with van der Waals surface area (Å²) in [6, 6.07) is 12.0. The van der Waals surface area contributed by atoms with Crippen LogP contribution in [0.4, 0.5) is 4.79 Å². The summed E-state index contributed by atoms with van der Waals surface area (Å²) in [6.07, 6.45) is 6.85. The molecule has 0 radical (unpaired) electrons. The average molecular weight is 664 g/mol. The van der Waals surface area contributed by atoms with Crippen LogP contribution in [0.5, 0.6) is 11.5 Å². The van der Waals surface area contributed by atoms with Crippen LogP contribution in [-0.4, -0.2) is 56.3 Å². The van der Waals surface area contributed by atoms with Gasteiger partial charge in [0.15, 0.2) is 0 Å². The van der Waals surface area contributed by atoms with Gasteiger partial charge in [0.25, 0.3) is 0 Å². The predicted molar refractivity (Wildman–Crippen MR) is 178 cm³/mol. The molecule has 2 aromatic carbocycles. The number of nitrogens with one attached hydrogen (secondary N) is 1. The molecule has 0 saturated carbocycles. The molecule has 0 aliphatic rings. The molecule has 1 amide bonds. The number of benzene rings is 2. The molecule has 0 bridgehead atoms. The maximum Gasteiger partial charge on any atom is 0.412 e. The molecule has 0 atom stereocenters. The first-order valence-electron chi connectivity index (χ1n) is 15.0. The average Bonchev–Trinajstić information content (AvgIpc) is 3.10. The number of hydrogen-bond acceptors (Lipinski definition) is 11. The molecule has 2 rings (SSSR count). The molecular weight excluding hydrogens is 622 g/mol. The lowest BCUT2D eigenvalue weighted by molar-refractivity contribution is -0.138. The first kappa shape index (κ1) is 40.1. The third-order valence-electron chi connectivity index (χ3n) is 5.54. The van der Waals surface area contributed by atoms with Gasteiger partial charge >= 0.3 is 30.0 Å². The van der Waals surface area contributed by atoms with E-state index in [1.165, 1.54) is 49.4 Å². The topological polar surface area (TPSA) is 153 Å². The fourth-order valence-electron chi connectivity index (χ4n) is 3.23. The van der Waals surface area contributed by atoms with E-state index >= 15 is 0 Å². The van der Waals surface area contributed by atoms with E-state index in [0.29, 0.717) is 25.2 Å². The smallest absolute Gasteiger partial charge is 0.412 e. The van der Waals surface area contributed by atoms with Crippen molar-refractivity contribution in [1.29, 1.82) is 0 Å². The van der Waals surface area contributed by atoms with Crippen LogP contribution >= 0.6 is 0 Å². The predicted octanol–water partition coefficient (Wildman–Crippen LogP) is 6.41. The summed E-state index contributed by atoms with van der Waals surface area (Å²) in [6.45, 7) is 16.5. The van der Waals surface area contributed by atoms with Gasteiger partial charge in [-0.05, 0) is 86.5 Å². The van der Waals surface area contributed by atoms with Crippen LogP contribution in [0, 0.1) is 0 Å². The second-order valence-electron chi connectivity index (χ2n) is 8.99. The summed E-state index contributed by atoms with van der Waals surface area (Å²) >= 11 is 0. The molecule has 1 N–H and O–H groups in total. The second-order valence-corrected chi connectivity index (χ2v) is 8.99. The standard InChI is InChI=1S/C34H35NO11.C2H6/c1-5-27(45-33(39)26-11-16-28(17-12-26)41-21-8-9-22-42-30(36)6-2)15-10-24(4)44-32(38)25-13-18-29(19-14-25)46-34(40)35-20-23-43-31(37)7-3;1-2/h5-7,10-19H,1-3,8-9,20-23H2,4H3,(H,35,40);1-2H3/b24-10+,27-15+;. The first-order chi connectivity index (χ1) is 23.1. The van der Waals surface area contributed by atoms with Crippen molar-refractivity contribution in [3.63, 3.8) is 0 Å². The lowest BCUT2D eigenvalue weighted by Crippen LogP contribution is -2.30. The molecule has 0 heterocycles. The number of carbonyl (C=O) groups is 5. The summed E-state index contributed by atoms with van der Waals surface area (Å²) in [5.41, 5.74) is 0.472. The number of hydrogen-bond donors (Lipinski definition) is 1. The largest absolute Gasteiger partial charge is 0.494 e. The highest BCUT2D eigenvalue weighted by atomic mass is 16.6. The molecule has 0 fully saturated rings. The van der Waals surface area contributed by atoms with Gasteiger partial charge in [-0.25, -0.2) is 24.0 Å². The first-order valence-corrected chi connectivity index (χ1v) is 15.0. The van der Waals surface area contributed by atoms with E-state index in [4.69, 9.17) is 28.4 Å². The zero-order chi connectivity index (χ0) is 35.7. The van der Waals surface area contributed by atoms with E-state index in [1.807, 2.05) is 13.8 Å². The Morgan fingerprint density at radius 3 is 1.75 bits per heavy atom. The molecule has 48 heavy (non-hydrogen) atoms. The summed E-state index contributed by atoms with van der Waals surface area (Å²) in [5, 5.41) is 2.41. The summed E-state index contributed by atoms with van der Waals surface area (Å²) in [5.74, 6) is -1.30. The molecule has 12 heteroatoms. The van der Waals surface area contributed by atoms with E-state index in [0.717, 1.165) is 12.2 Å². The Hall–Kier alpha value is -5.91. The summed E-state index contributed by atoms with van der Waals surface area (Å²) in [4.78, 5) is 58.9. The Kier molecular flexibility index (Phi) is 19.6. The van der Waals surface area contributed by atoms with Crippen LogP contribution in [0.15, 0.2) is 110 Å². The number of rotatable bonds is 18. The highest BCUT2D eigenvalue weighted by Crippen LogP contribution is 2.17. The van der Waals surface area contributed by atoms with Crippen LogP contribution in [0.25, 0.3) is 0 Å². The van der Waals surface area contributed by atoms with Gasteiger partial charge in [-0.2, -0.15) is 0 Å². The fourth-order valence-corrected chi connectivity index (χ4v) is 3.23. The van der Waals surface area contributed by atoms with Gasteiger partial charge in [0, 0.05) is 12.2 Å². The number of ether oxygens (including phenoxy) is 6. The second kappa shape index (κ2) is 23.4. The maximum absolute atomic E-state index is 12.6. The van der Waals surface area contributed by atoms with E-state index < -0.39 is 30.0 Å². The minimum atomic E-state index is -0.769. The minimum absolute atomic E-state index is 0.0411. The van der Waals surface area contributed by atoms with E-state index in [1.54, 1.807) is 24.3 Å². The van der Waals surface area contributed by atoms with Crippen molar-refractivity contribution in [3.05, 3.63) is 121 Å². The molecule has 0 spiro atoms. The molecule has 0 unspecified atom stereocenters. The number of esters is 4. The quantitative estimate of drug-likeness (QED) is 0.0470. The van der Waals surface area contributed by atoms with Crippen LogP contribution in [0.1, 0.15) is 54.3 Å². The van der Waals surface area contributed by atoms with Gasteiger partial charge in [0.05, 0.1) is 30.9 Å². The highest BCUT2D eigenvalue weighted by molar-refractivity contribution is 5.91. The minimum Gasteiger partial charge on any atom is -0.494 e. The zero-order valence-electron chi connectivity index (χ0n) is 27.4. The Bertz CT molecular complexity index is 1460. The maximum atomic E-state index is 12.6. The van der Waals surface area contributed by atoms with Gasteiger partial charge < -0.3 is 33.7 Å². The third-order valence-corrected chi connectivity index (χ3v) is 5.54. The van der Waals surface area contributed by atoms with Crippen LogP contribution in [0.3, 0.4) is 0 Å². The summed E-state index contributed by atoms with van der Waals surface area (Å²) in [7, 11) is 0. The van der Waals surface area contributed by atoms with Crippen LogP contribution in [0.2, 0.25) is 0 Å². The molecule has 0 saturated heterocycles. The van der Waals surface area contributed by atoms with Gasteiger partial charge in [-0.3, -0.25) is 0 Å². The lowest BCUT2D eigenvalue weighted by Gasteiger charge is -2.08. The van der Waals surface area contributed by atoms with Crippen molar-refractivity contribution in [2.75, 3.05) is 26.4 Å². The normalized spacial score (nSPS) is 10.6. The number of amides is 1. The van der Waals surface area contributed by atoms with Crippen LogP contribution in [-0.2, 0) is 28.5 Å². The Morgan fingerprint density at radius 1 is 0.667 bits per heavy atom. The molecule has 0 aliphatic heterocycles. The highest BCUT2D eigenvalue weighted by Gasteiger charge is 2.12. The molecule has 0 aromatic heterocycles. The molecule has 2 aromatic rings. The Morgan fingerprint density at radius 2 is 1.19 bits per heavy atom. The molecule has 12 nitrogen and oxygen atoms in total. The fraction of sp³-hybridized carbons (Fsp3) is 0.250. The van der Waals surface area contributed by atoms with Gasteiger partial charge in [0.2, 0.25) is 0 Å². The van der Waals surface area contributed by atoms with Crippen molar-refractivity contribution in [3.8, 4) is 11.5 Å². The van der Waals surface area contributed by atoms with Crippen molar-refractivity contribution in [1.82, 2.24) is 5.32 Å². The molecule has 0 aliphatic carbocycles. The van der Waals surface area contributed by atoms with Crippen molar-refractivity contribution in [2.45, 2.75) is 33.6 Å².